The first-order valence-corrected chi connectivity index (χ1v) is 7.63. The standard InChI is InChI=1S/C17H26N2O2.ClH/c1-17(2,3)13-6-4-5-7-14(13)19-16(20)15(18)12-8-10-21-11-9-12;/h4-7,12,15H,8-11,18H2,1-3H3,(H,19,20);1H. The SMILES string of the molecule is CC(C)(C)c1ccccc1NC(=O)C(N)C1CCOCC1.Cl. The monoisotopic (exact) mass is 326 g/mol. The Kier molecular flexibility index (Phi) is 6.85. The molecule has 4 nitrogen and oxygen atoms in total. The van der Waals surface area contributed by atoms with Crippen LogP contribution >= 0.6 is 12.4 Å². The number of halogens is 1. The number of amides is 1. The largest absolute Gasteiger partial charge is 0.381 e. The van der Waals surface area contributed by atoms with Crippen molar-refractivity contribution < 1.29 is 9.53 Å². The van der Waals surface area contributed by atoms with Crippen LogP contribution in [0, 0.1) is 5.92 Å². The second kappa shape index (κ2) is 7.95. The molecule has 1 aliphatic heterocycles. The fourth-order valence-electron chi connectivity index (χ4n) is 2.75. The molecule has 0 radical (unpaired) electrons. The molecule has 0 spiro atoms. The third-order valence-corrected chi connectivity index (χ3v) is 4.07. The minimum Gasteiger partial charge on any atom is -0.381 e. The molecule has 0 bridgehead atoms. The van der Waals surface area contributed by atoms with Crippen LogP contribution in [0.3, 0.4) is 0 Å². The average molecular weight is 327 g/mol. The van der Waals surface area contributed by atoms with Crippen molar-refractivity contribution in [2.24, 2.45) is 11.7 Å². The van der Waals surface area contributed by atoms with Crippen molar-refractivity contribution in [3.05, 3.63) is 29.8 Å². The Morgan fingerprint density at radius 3 is 2.45 bits per heavy atom. The van der Waals surface area contributed by atoms with Crippen molar-refractivity contribution in [1.82, 2.24) is 0 Å². The van der Waals surface area contributed by atoms with Crippen LogP contribution in [-0.4, -0.2) is 25.2 Å². The van der Waals surface area contributed by atoms with Gasteiger partial charge in [-0.1, -0.05) is 39.0 Å². The Bertz CT molecular complexity index is 494. The maximum absolute atomic E-state index is 12.4. The predicted molar refractivity (Wildman–Crippen MR) is 92.5 cm³/mol. The molecule has 1 fully saturated rings. The highest BCUT2D eigenvalue weighted by atomic mass is 35.5. The van der Waals surface area contributed by atoms with Crippen molar-refractivity contribution >= 4 is 24.0 Å². The number of para-hydroxylation sites is 1. The lowest BCUT2D eigenvalue weighted by Crippen LogP contribution is -2.44. The summed E-state index contributed by atoms with van der Waals surface area (Å²) in [5, 5.41) is 3.01. The fraction of sp³-hybridized carbons (Fsp3) is 0.588. The molecule has 1 aromatic rings. The first-order valence-electron chi connectivity index (χ1n) is 7.63. The molecule has 1 aliphatic rings. The van der Waals surface area contributed by atoms with E-state index in [0.717, 1.165) is 24.1 Å². The van der Waals surface area contributed by atoms with Gasteiger partial charge in [0.05, 0.1) is 6.04 Å². The van der Waals surface area contributed by atoms with Gasteiger partial charge < -0.3 is 15.8 Å². The summed E-state index contributed by atoms with van der Waals surface area (Å²) in [4.78, 5) is 12.4. The van der Waals surface area contributed by atoms with Gasteiger partial charge in [0.1, 0.15) is 0 Å². The summed E-state index contributed by atoms with van der Waals surface area (Å²) in [6.45, 7) is 7.80. The van der Waals surface area contributed by atoms with E-state index in [1.165, 1.54) is 0 Å². The van der Waals surface area contributed by atoms with Gasteiger partial charge in [0.15, 0.2) is 0 Å². The maximum atomic E-state index is 12.4. The highest BCUT2D eigenvalue weighted by Crippen LogP contribution is 2.29. The Labute approximate surface area is 139 Å². The first kappa shape index (κ1) is 18.9. The molecule has 0 aliphatic carbocycles. The molecule has 22 heavy (non-hydrogen) atoms. The van der Waals surface area contributed by atoms with Gasteiger partial charge in [0, 0.05) is 18.9 Å². The van der Waals surface area contributed by atoms with Crippen LogP contribution in [0.1, 0.15) is 39.2 Å². The number of carbonyl (C=O) groups excluding carboxylic acids is 1. The van der Waals surface area contributed by atoms with Crippen molar-refractivity contribution in [3.8, 4) is 0 Å². The lowest BCUT2D eigenvalue weighted by atomic mass is 9.85. The minimum absolute atomic E-state index is 0. The molecule has 5 heteroatoms. The van der Waals surface area contributed by atoms with E-state index in [0.29, 0.717) is 13.2 Å². The summed E-state index contributed by atoms with van der Waals surface area (Å²) in [6, 6.07) is 7.45. The normalized spacial score (nSPS) is 17.5. The second-order valence-corrected chi connectivity index (χ2v) is 6.76. The fourth-order valence-corrected chi connectivity index (χ4v) is 2.75. The van der Waals surface area contributed by atoms with Crippen LogP contribution in [0.25, 0.3) is 0 Å². The van der Waals surface area contributed by atoms with Crippen LogP contribution in [0.4, 0.5) is 5.69 Å². The lowest BCUT2D eigenvalue weighted by molar-refractivity contribution is -0.119. The summed E-state index contributed by atoms with van der Waals surface area (Å²) >= 11 is 0. The number of carbonyl (C=O) groups is 1. The van der Waals surface area contributed by atoms with E-state index < -0.39 is 6.04 Å². The molecule has 1 saturated heterocycles. The van der Waals surface area contributed by atoms with Crippen molar-refractivity contribution in [3.63, 3.8) is 0 Å². The molecule has 1 aromatic carbocycles. The third-order valence-electron chi connectivity index (χ3n) is 4.07. The van der Waals surface area contributed by atoms with Gasteiger partial charge in [-0.25, -0.2) is 0 Å². The Morgan fingerprint density at radius 1 is 1.27 bits per heavy atom. The quantitative estimate of drug-likeness (QED) is 0.897. The zero-order valence-electron chi connectivity index (χ0n) is 13.6. The van der Waals surface area contributed by atoms with Crippen molar-refractivity contribution in [2.45, 2.75) is 45.1 Å². The van der Waals surface area contributed by atoms with Gasteiger partial charge in [-0.2, -0.15) is 0 Å². The van der Waals surface area contributed by atoms with Gasteiger partial charge in [0.2, 0.25) is 5.91 Å². The van der Waals surface area contributed by atoms with E-state index in [1.807, 2.05) is 18.2 Å². The van der Waals surface area contributed by atoms with E-state index in [9.17, 15) is 4.79 Å². The van der Waals surface area contributed by atoms with Gasteiger partial charge in [-0.15, -0.1) is 12.4 Å². The summed E-state index contributed by atoms with van der Waals surface area (Å²) < 4.78 is 5.32. The molecule has 1 unspecified atom stereocenters. The number of hydrogen-bond acceptors (Lipinski definition) is 3. The van der Waals surface area contributed by atoms with E-state index in [-0.39, 0.29) is 29.6 Å². The molecule has 0 aromatic heterocycles. The van der Waals surface area contributed by atoms with Crippen LogP contribution < -0.4 is 11.1 Å². The number of nitrogens with two attached hydrogens (primary N) is 1. The zero-order chi connectivity index (χ0) is 15.5. The summed E-state index contributed by atoms with van der Waals surface area (Å²) in [5.41, 5.74) is 8.09. The average Bonchev–Trinajstić information content (AvgIpc) is 2.47. The van der Waals surface area contributed by atoms with Crippen molar-refractivity contribution in [2.75, 3.05) is 18.5 Å². The van der Waals surface area contributed by atoms with Crippen LogP contribution in [0.2, 0.25) is 0 Å². The predicted octanol–water partition coefficient (Wildman–Crippen LogP) is 3.10. The number of hydrogen-bond donors (Lipinski definition) is 2. The molecule has 0 saturated carbocycles. The van der Waals surface area contributed by atoms with Gasteiger partial charge in [0.25, 0.3) is 0 Å². The molecule has 124 valence electrons. The van der Waals surface area contributed by atoms with E-state index >= 15 is 0 Å². The maximum Gasteiger partial charge on any atom is 0.241 e. The topological polar surface area (TPSA) is 64.4 Å². The van der Waals surface area contributed by atoms with Gasteiger partial charge in [-0.05, 0) is 35.8 Å². The number of nitrogens with one attached hydrogen (secondary N) is 1. The number of anilines is 1. The molecular formula is C17H27ClN2O2. The van der Waals surface area contributed by atoms with E-state index in [4.69, 9.17) is 10.5 Å². The number of ether oxygens (including phenoxy) is 1. The molecule has 1 heterocycles. The second-order valence-electron chi connectivity index (χ2n) is 6.76. The number of benzene rings is 1. The highest BCUT2D eigenvalue weighted by Gasteiger charge is 2.27. The molecule has 1 atom stereocenters. The zero-order valence-corrected chi connectivity index (χ0v) is 14.4. The smallest absolute Gasteiger partial charge is 0.241 e. The summed E-state index contributed by atoms with van der Waals surface area (Å²) in [7, 11) is 0. The van der Waals surface area contributed by atoms with Crippen LogP contribution in [0.5, 0.6) is 0 Å². The Balaban J connectivity index is 0.00000242. The van der Waals surface area contributed by atoms with Gasteiger partial charge in [-0.3, -0.25) is 4.79 Å². The Hall–Kier alpha value is -1.10. The van der Waals surface area contributed by atoms with E-state index in [1.54, 1.807) is 0 Å². The molecule has 2 rings (SSSR count). The molecular weight excluding hydrogens is 300 g/mol. The summed E-state index contributed by atoms with van der Waals surface area (Å²) in [6.07, 6.45) is 1.71. The minimum atomic E-state index is -0.470. The summed E-state index contributed by atoms with van der Waals surface area (Å²) in [5.74, 6) is 0.110. The van der Waals surface area contributed by atoms with Gasteiger partial charge >= 0.3 is 0 Å². The number of rotatable bonds is 3. The van der Waals surface area contributed by atoms with Crippen LogP contribution in [-0.2, 0) is 14.9 Å². The molecule has 3 N–H and O–H groups in total. The lowest BCUT2D eigenvalue weighted by Gasteiger charge is -2.28. The molecule has 1 amide bonds. The third kappa shape index (κ3) is 4.70. The first-order chi connectivity index (χ1) is 9.89. The highest BCUT2D eigenvalue weighted by molar-refractivity contribution is 5.95. The van der Waals surface area contributed by atoms with Crippen molar-refractivity contribution in [1.29, 1.82) is 0 Å². The van der Waals surface area contributed by atoms with E-state index in [2.05, 4.69) is 32.2 Å². The van der Waals surface area contributed by atoms with Crippen LogP contribution in [0.15, 0.2) is 24.3 Å². The Morgan fingerprint density at radius 2 is 1.86 bits per heavy atom.